The molecular weight excluding hydrogens is 489 g/mol. The number of hydrogen-bond acceptors (Lipinski definition) is 5. The molecule has 0 aromatic heterocycles. The molecule has 0 radical (unpaired) electrons. The highest BCUT2D eigenvalue weighted by molar-refractivity contribution is 7.80. The van der Waals surface area contributed by atoms with Crippen LogP contribution in [0.2, 0.25) is 0 Å². The zero-order chi connectivity index (χ0) is 25.9. The Morgan fingerprint density at radius 1 is 0.865 bits per heavy atom. The van der Waals surface area contributed by atoms with E-state index >= 15 is 0 Å². The molecule has 1 aliphatic heterocycles. The molecule has 0 amide bonds. The van der Waals surface area contributed by atoms with Crippen LogP contribution in [0.5, 0.6) is 11.5 Å². The Balaban J connectivity index is 1.44. The normalized spacial score (nSPS) is 18.0. The molecule has 3 N–H and O–H groups in total. The first kappa shape index (κ1) is 24.7. The van der Waals surface area contributed by atoms with Gasteiger partial charge >= 0.3 is 0 Å². The number of halogens is 1. The molecule has 0 bridgehead atoms. The fourth-order valence-corrected chi connectivity index (χ4v) is 5.10. The zero-order valence-electron chi connectivity index (χ0n) is 19.9. The van der Waals surface area contributed by atoms with Crippen molar-refractivity contribution in [3.05, 3.63) is 114 Å². The smallest absolute Gasteiger partial charge is 0.264 e. The second-order valence-corrected chi connectivity index (χ2v) is 9.39. The quantitative estimate of drug-likeness (QED) is 0.239. The average Bonchev–Trinajstić information content (AvgIpc) is 3.23. The molecule has 1 unspecified atom stereocenters. The number of phenols is 2. The van der Waals surface area contributed by atoms with Gasteiger partial charge in [-0.25, -0.2) is 4.39 Å². The highest BCUT2D eigenvalue weighted by Crippen LogP contribution is 2.44. The number of aliphatic hydroxyl groups is 1. The second kappa shape index (κ2) is 10.6. The third kappa shape index (κ3) is 5.28. The number of aromatic hydroxyl groups is 2. The van der Waals surface area contributed by atoms with Crippen LogP contribution >= 0.6 is 12.2 Å². The van der Waals surface area contributed by atoms with Crippen molar-refractivity contribution in [2.75, 3.05) is 4.90 Å². The first-order chi connectivity index (χ1) is 17.9. The van der Waals surface area contributed by atoms with Crippen LogP contribution in [-0.2, 0) is 4.74 Å². The van der Waals surface area contributed by atoms with Gasteiger partial charge in [0.15, 0.2) is 0 Å². The molecule has 0 saturated carbocycles. The number of phenolic OH excluding ortho intramolecular Hbond substituents is 2. The van der Waals surface area contributed by atoms with Crippen LogP contribution in [-0.4, -0.2) is 26.6 Å². The number of thiocarbonyl (C=S) groups is 1. The molecule has 1 heterocycles. The predicted molar refractivity (Wildman–Crippen MR) is 145 cm³/mol. The Labute approximate surface area is 220 Å². The van der Waals surface area contributed by atoms with Crippen molar-refractivity contribution in [2.24, 2.45) is 0 Å². The molecule has 4 aromatic rings. The molecule has 0 spiro atoms. The maximum atomic E-state index is 13.3. The van der Waals surface area contributed by atoms with Gasteiger partial charge in [0, 0.05) is 17.3 Å². The number of hydrogen-bond donors (Lipinski definition) is 3. The summed E-state index contributed by atoms with van der Waals surface area (Å²) >= 11 is 5.63. The largest absolute Gasteiger partial charge is 0.508 e. The number of anilines is 1. The summed E-state index contributed by atoms with van der Waals surface area (Å²) in [4.78, 5) is 1.85. The first-order valence-electron chi connectivity index (χ1n) is 12.0. The van der Waals surface area contributed by atoms with Gasteiger partial charge in [0.25, 0.3) is 5.17 Å². The molecule has 37 heavy (non-hydrogen) atoms. The molecule has 1 saturated heterocycles. The number of benzene rings is 4. The summed E-state index contributed by atoms with van der Waals surface area (Å²) in [6.45, 7) is 0. The van der Waals surface area contributed by atoms with Gasteiger partial charge in [0.2, 0.25) is 0 Å². The Morgan fingerprint density at radius 3 is 2.22 bits per heavy atom. The van der Waals surface area contributed by atoms with E-state index in [2.05, 4.69) is 0 Å². The van der Waals surface area contributed by atoms with Gasteiger partial charge in [-0.15, -0.1) is 0 Å². The van der Waals surface area contributed by atoms with Crippen LogP contribution < -0.4 is 4.90 Å². The molecule has 188 valence electrons. The number of aliphatic hydroxyl groups excluding tert-OH is 1. The van der Waals surface area contributed by atoms with Crippen LogP contribution in [0.15, 0.2) is 97.1 Å². The Kier molecular flexibility index (Phi) is 7.08. The molecule has 4 aromatic carbocycles. The first-order valence-corrected chi connectivity index (χ1v) is 12.4. The summed E-state index contributed by atoms with van der Waals surface area (Å²) in [6, 6.07) is 27.7. The Hall–Kier alpha value is -3.94. The van der Waals surface area contributed by atoms with E-state index in [0.717, 1.165) is 16.8 Å². The summed E-state index contributed by atoms with van der Waals surface area (Å²) in [6.07, 6.45) is -0.532. The SMILES string of the molecule is Oc1ccc([C@@H]2[C@@H](CCC(O)c3ccc(F)cc3)OC(=S)N2c2ccc(-c3ccccc3)cc2)c(O)c1. The van der Waals surface area contributed by atoms with Crippen molar-refractivity contribution < 1.29 is 24.4 Å². The maximum Gasteiger partial charge on any atom is 0.264 e. The zero-order valence-corrected chi connectivity index (χ0v) is 20.7. The van der Waals surface area contributed by atoms with Crippen LogP contribution in [0.25, 0.3) is 11.1 Å². The lowest BCUT2D eigenvalue weighted by Crippen LogP contribution is -2.29. The van der Waals surface area contributed by atoms with Gasteiger partial charge < -0.3 is 20.1 Å². The Bertz CT molecular complexity index is 1380. The minimum atomic E-state index is -0.814. The number of nitrogens with zero attached hydrogens (tertiary/aromatic N) is 1. The van der Waals surface area contributed by atoms with E-state index in [0.29, 0.717) is 24.0 Å². The Morgan fingerprint density at radius 2 is 1.54 bits per heavy atom. The highest BCUT2D eigenvalue weighted by atomic mass is 32.1. The van der Waals surface area contributed by atoms with Crippen molar-refractivity contribution in [1.82, 2.24) is 0 Å². The van der Waals surface area contributed by atoms with Crippen LogP contribution in [0.3, 0.4) is 0 Å². The van der Waals surface area contributed by atoms with Crippen molar-refractivity contribution in [1.29, 1.82) is 0 Å². The molecule has 7 heteroatoms. The molecule has 0 aliphatic carbocycles. The van der Waals surface area contributed by atoms with Gasteiger partial charge in [-0.3, -0.25) is 4.90 Å². The third-order valence-electron chi connectivity index (χ3n) is 6.64. The highest BCUT2D eigenvalue weighted by Gasteiger charge is 2.42. The third-order valence-corrected chi connectivity index (χ3v) is 6.94. The topological polar surface area (TPSA) is 73.2 Å². The van der Waals surface area contributed by atoms with E-state index in [4.69, 9.17) is 17.0 Å². The van der Waals surface area contributed by atoms with Crippen LogP contribution in [0.4, 0.5) is 10.1 Å². The lowest BCUT2D eigenvalue weighted by molar-refractivity contribution is 0.126. The minimum absolute atomic E-state index is 0.0511. The lowest BCUT2D eigenvalue weighted by atomic mass is 9.93. The van der Waals surface area contributed by atoms with Gasteiger partial charge in [0.05, 0.1) is 6.10 Å². The van der Waals surface area contributed by atoms with Crippen molar-refractivity contribution in [3.63, 3.8) is 0 Å². The van der Waals surface area contributed by atoms with E-state index in [9.17, 15) is 19.7 Å². The molecule has 1 aliphatic rings. The fraction of sp³-hybridized carbons (Fsp3) is 0.167. The summed E-state index contributed by atoms with van der Waals surface area (Å²) < 4.78 is 19.4. The molecule has 3 atom stereocenters. The summed E-state index contributed by atoms with van der Waals surface area (Å²) in [5.41, 5.74) is 4.10. The van der Waals surface area contributed by atoms with Crippen molar-refractivity contribution in [3.8, 4) is 22.6 Å². The maximum absolute atomic E-state index is 13.3. The van der Waals surface area contributed by atoms with E-state index in [1.165, 1.54) is 24.3 Å². The average molecular weight is 516 g/mol. The van der Waals surface area contributed by atoms with Gasteiger partial charge in [-0.05, 0) is 78.1 Å². The molecule has 5 rings (SSSR count). The fourth-order valence-electron chi connectivity index (χ4n) is 4.75. The van der Waals surface area contributed by atoms with E-state index in [1.807, 2.05) is 59.5 Å². The number of rotatable bonds is 7. The van der Waals surface area contributed by atoms with Crippen LogP contribution in [0.1, 0.15) is 36.1 Å². The predicted octanol–water partition coefficient (Wildman–Crippen LogP) is 6.65. The summed E-state index contributed by atoms with van der Waals surface area (Å²) in [5, 5.41) is 31.5. The summed E-state index contributed by atoms with van der Waals surface area (Å²) in [7, 11) is 0. The van der Waals surface area contributed by atoms with E-state index in [1.54, 1.807) is 18.2 Å². The van der Waals surface area contributed by atoms with Crippen molar-refractivity contribution >= 4 is 23.1 Å². The second-order valence-electron chi connectivity index (χ2n) is 9.04. The molecule has 5 nitrogen and oxygen atoms in total. The van der Waals surface area contributed by atoms with Gasteiger partial charge in [-0.2, -0.15) is 0 Å². The molecular formula is C30H26FNO4S. The lowest BCUT2D eigenvalue weighted by Gasteiger charge is -2.27. The van der Waals surface area contributed by atoms with E-state index < -0.39 is 18.2 Å². The van der Waals surface area contributed by atoms with E-state index in [-0.39, 0.29) is 22.5 Å². The van der Waals surface area contributed by atoms with Gasteiger partial charge in [0.1, 0.15) is 29.5 Å². The van der Waals surface area contributed by atoms with Crippen LogP contribution in [0, 0.1) is 5.82 Å². The van der Waals surface area contributed by atoms with Crippen molar-refractivity contribution in [2.45, 2.75) is 31.1 Å². The monoisotopic (exact) mass is 515 g/mol. The standard InChI is InChI=1S/C30H26FNO4S/c31-22-10-6-21(7-11-22)26(34)16-17-28-29(25-15-14-24(33)18-27(25)35)32(30(37)36-28)23-12-8-20(9-13-23)19-4-2-1-3-5-19/h1-15,18,26,28-29,33-35H,16-17H2/t26?,28-,29-/m1/s1. The minimum Gasteiger partial charge on any atom is -0.508 e. The number of ether oxygens (including phenoxy) is 1. The van der Waals surface area contributed by atoms with Gasteiger partial charge in [-0.1, -0.05) is 54.6 Å². The summed E-state index contributed by atoms with van der Waals surface area (Å²) in [5.74, 6) is -0.490. The molecule has 1 fully saturated rings.